The van der Waals surface area contributed by atoms with Crippen LogP contribution in [0.3, 0.4) is 0 Å². The van der Waals surface area contributed by atoms with Gasteiger partial charge in [0.25, 0.3) is 11.1 Å². The number of hydrogen-bond acceptors (Lipinski definition) is 7. The predicted octanol–water partition coefficient (Wildman–Crippen LogP) is 4.53. The first kappa shape index (κ1) is 23.7. The van der Waals surface area contributed by atoms with Crippen molar-refractivity contribution in [3.05, 3.63) is 78.4 Å². The molecule has 1 N–H and O–H groups in total. The maximum Gasteiger partial charge on any atom is 0.257 e. The maximum absolute atomic E-state index is 12.8. The lowest BCUT2D eigenvalue weighted by Gasteiger charge is -2.36. The van der Waals surface area contributed by atoms with Crippen molar-refractivity contribution >= 4 is 46.1 Å². The molecule has 1 aliphatic heterocycles. The van der Waals surface area contributed by atoms with Crippen molar-refractivity contribution in [2.45, 2.75) is 5.22 Å². The zero-order chi connectivity index (χ0) is 24.9. The van der Waals surface area contributed by atoms with Crippen LogP contribution >= 0.6 is 11.8 Å². The number of benzene rings is 3. The Morgan fingerprint density at radius 3 is 2.53 bits per heavy atom. The lowest BCUT2D eigenvalue weighted by atomic mass is 10.1. The standard InChI is InChI=1S/C27H26N4O4S/c1-34-22-6-4-5-19(17-22)26(33)31-15-13-30(14-16-31)21-11-9-20(10-12-21)28-25(32)18-36-27-29-23-7-2-3-8-24(23)35-27/h2-12,17H,13-16,18H2,1H3,(H,28,32). The van der Waals surface area contributed by atoms with Crippen LogP contribution in [-0.2, 0) is 4.79 Å². The van der Waals surface area contributed by atoms with Gasteiger partial charge in [0.15, 0.2) is 5.58 Å². The molecule has 1 aromatic heterocycles. The fraction of sp³-hybridized carbons (Fsp3) is 0.222. The number of nitrogens with zero attached hydrogens (tertiary/aromatic N) is 3. The van der Waals surface area contributed by atoms with E-state index in [9.17, 15) is 9.59 Å². The van der Waals surface area contributed by atoms with E-state index in [0.717, 1.165) is 30.0 Å². The van der Waals surface area contributed by atoms with Gasteiger partial charge in [0.2, 0.25) is 5.91 Å². The molecular weight excluding hydrogens is 476 g/mol. The molecule has 2 heterocycles. The van der Waals surface area contributed by atoms with Crippen LogP contribution in [0.2, 0.25) is 0 Å². The predicted molar refractivity (Wildman–Crippen MR) is 141 cm³/mol. The van der Waals surface area contributed by atoms with E-state index in [4.69, 9.17) is 9.15 Å². The van der Waals surface area contributed by atoms with Crippen LogP contribution in [-0.4, -0.2) is 60.7 Å². The van der Waals surface area contributed by atoms with Crippen LogP contribution < -0.4 is 15.0 Å². The van der Waals surface area contributed by atoms with Gasteiger partial charge in [-0.25, -0.2) is 4.98 Å². The molecule has 8 nitrogen and oxygen atoms in total. The second kappa shape index (κ2) is 10.7. The van der Waals surface area contributed by atoms with E-state index in [1.54, 1.807) is 13.2 Å². The zero-order valence-electron chi connectivity index (χ0n) is 19.8. The number of carbonyl (C=O) groups excluding carboxylic acids is 2. The summed E-state index contributed by atoms with van der Waals surface area (Å²) in [6.07, 6.45) is 0. The van der Waals surface area contributed by atoms with Gasteiger partial charge in [-0.05, 0) is 54.6 Å². The molecule has 0 bridgehead atoms. The van der Waals surface area contributed by atoms with E-state index in [0.29, 0.717) is 35.2 Å². The Balaban J connectivity index is 1.10. The molecule has 1 aliphatic rings. The van der Waals surface area contributed by atoms with E-state index >= 15 is 0 Å². The molecule has 3 aromatic carbocycles. The SMILES string of the molecule is COc1cccc(C(=O)N2CCN(c3ccc(NC(=O)CSc4nc5ccccc5o4)cc3)CC2)c1. The van der Waals surface area contributed by atoms with Crippen molar-refractivity contribution in [1.29, 1.82) is 0 Å². The molecule has 36 heavy (non-hydrogen) atoms. The van der Waals surface area contributed by atoms with E-state index in [1.165, 1.54) is 11.8 Å². The first-order chi connectivity index (χ1) is 17.6. The largest absolute Gasteiger partial charge is 0.497 e. The highest BCUT2D eigenvalue weighted by Crippen LogP contribution is 2.24. The zero-order valence-corrected chi connectivity index (χ0v) is 20.7. The summed E-state index contributed by atoms with van der Waals surface area (Å²) in [5, 5.41) is 3.39. The van der Waals surface area contributed by atoms with Crippen molar-refractivity contribution in [2.24, 2.45) is 0 Å². The van der Waals surface area contributed by atoms with E-state index < -0.39 is 0 Å². The lowest BCUT2D eigenvalue weighted by molar-refractivity contribution is -0.113. The highest BCUT2D eigenvalue weighted by molar-refractivity contribution is 7.99. The van der Waals surface area contributed by atoms with Crippen molar-refractivity contribution in [3.63, 3.8) is 0 Å². The molecule has 0 unspecified atom stereocenters. The van der Waals surface area contributed by atoms with Gasteiger partial charge in [-0.3, -0.25) is 9.59 Å². The van der Waals surface area contributed by atoms with E-state index in [2.05, 4.69) is 15.2 Å². The molecule has 5 rings (SSSR count). The number of rotatable bonds is 7. The second-order valence-electron chi connectivity index (χ2n) is 8.34. The van der Waals surface area contributed by atoms with Gasteiger partial charge in [-0.1, -0.05) is 30.0 Å². The van der Waals surface area contributed by atoms with Gasteiger partial charge in [0.1, 0.15) is 11.3 Å². The van der Waals surface area contributed by atoms with E-state index in [1.807, 2.05) is 71.6 Å². The molecular formula is C27H26N4O4S. The minimum absolute atomic E-state index is 0.0160. The molecule has 2 amide bonds. The number of fused-ring (bicyclic) bond motifs is 1. The number of carbonyl (C=O) groups is 2. The fourth-order valence-electron chi connectivity index (χ4n) is 4.10. The van der Waals surface area contributed by atoms with Gasteiger partial charge < -0.3 is 24.3 Å². The van der Waals surface area contributed by atoms with Crippen molar-refractivity contribution in [3.8, 4) is 5.75 Å². The molecule has 9 heteroatoms. The fourth-order valence-corrected chi connectivity index (χ4v) is 4.74. The first-order valence-electron chi connectivity index (χ1n) is 11.7. The topological polar surface area (TPSA) is 87.9 Å². The Kier molecular flexibility index (Phi) is 7.08. The van der Waals surface area contributed by atoms with Crippen LogP contribution in [0.15, 0.2) is 82.4 Å². The van der Waals surface area contributed by atoms with Gasteiger partial charge in [-0.15, -0.1) is 0 Å². The summed E-state index contributed by atoms with van der Waals surface area (Å²) >= 11 is 1.27. The Hall–Kier alpha value is -3.98. The van der Waals surface area contributed by atoms with Gasteiger partial charge in [0, 0.05) is 43.1 Å². The Bertz CT molecular complexity index is 1330. The third-order valence-corrected chi connectivity index (χ3v) is 6.83. The number of ether oxygens (including phenoxy) is 1. The molecule has 0 aliphatic carbocycles. The Labute approximate surface area is 213 Å². The third-order valence-electron chi connectivity index (χ3n) is 6.00. The van der Waals surface area contributed by atoms with Crippen LogP contribution in [0, 0.1) is 0 Å². The van der Waals surface area contributed by atoms with Gasteiger partial charge >= 0.3 is 0 Å². The smallest absolute Gasteiger partial charge is 0.257 e. The Morgan fingerprint density at radius 1 is 1.00 bits per heavy atom. The van der Waals surface area contributed by atoms with Gasteiger partial charge in [0.05, 0.1) is 12.9 Å². The summed E-state index contributed by atoms with van der Waals surface area (Å²) in [4.78, 5) is 33.7. The van der Waals surface area contributed by atoms with Crippen LogP contribution in [0.5, 0.6) is 5.75 Å². The summed E-state index contributed by atoms with van der Waals surface area (Å²) < 4.78 is 10.9. The number of nitrogens with one attached hydrogen (secondary N) is 1. The summed E-state index contributed by atoms with van der Waals surface area (Å²) in [6.45, 7) is 2.76. The number of methoxy groups -OCH3 is 1. The molecule has 0 saturated carbocycles. The highest BCUT2D eigenvalue weighted by atomic mass is 32.2. The molecule has 184 valence electrons. The molecule has 0 radical (unpaired) electrons. The van der Waals surface area contributed by atoms with Crippen molar-refractivity contribution in [1.82, 2.24) is 9.88 Å². The monoisotopic (exact) mass is 502 g/mol. The van der Waals surface area contributed by atoms with Crippen LogP contribution in [0.1, 0.15) is 10.4 Å². The van der Waals surface area contributed by atoms with Crippen LogP contribution in [0.4, 0.5) is 11.4 Å². The lowest BCUT2D eigenvalue weighted by Crippen LogP contribution is -2.48. The highest BCUT2D eigenvalue weighted by Gasteiger charge is 2.22. The summed E-state index contributed by atoms with van der Waals surface area (Å²) in [6, 6.07) is 22.5. The summed E-state index contributed by atoms with van der Waals surface area (Å²) in [5.41, 5.74) is 3.91. The number of para-hydroxylation sites is 2. The molecule has 4 aromatic rings. The average Bonchev–Trinajstić information content (AvgIpc) is 3.35. The van der Waals surface area contributed by atoms with Gasteiger partial charge in [-0.2, -0.15) is 0 Å². The normalized spacial score (nSPS) is 13.6. The molecule has 0 atom stereocenters. The average molecular weight is 503 g/mol. The summed E-state index contributed by atoms with van der Waals surface area (Å²) in [5.74, 6) is 0.774. The number of oxazole rings is 1. The number of piperazine rings is 1. The second-order valence-corrected chi connectivity index (χ2v) is 9.27. The molecule has 1 saturated heterocycles. The van der Waals surface area contributed by atoms with Crippen molar-refractivity contribution in [2.75, 3.05) is 49.3 Å². The quantitative estimate of drug-likeness (QED) is 0.372. The van der Waals surface area contributed by atoms with E-state index in [-0.39, 0.29) is 17.6 Å². The summed E-state index contributed by atoms with van der Waals surface area (Å²) in [7, 11) is 1.60. The molecule has 0 spiro atoms. The number of amides is 2. The first-order valence-corrected chi connectivity index (χ1v) is 12.6. The number of hydrogen-bond donors (Lipinski definition) is 1. The minimum atomic E-state index is -0.125. The number of anilines is 2. The van der Waals surface area contributed by atoms with Crippen molar-refractivity contribution < 1.29 is 18.7 Å². The molecule has 1 fully saturated rings. The van der Waals surface area contributed by atoms with Crippen LogP contribution in [0.25, 0.3) is 11.1 Å². The Morgan fingerprint density at radius 2 is 1.78 bits per heavy atom. The maximum atomic E-state index is 12.8. The third kappa shape index (κ3) is 5.46. The number of aromatic nitrogens is 1. The minimum Gasteiger partial charge on any atom is -0.497 e. The number of thioether (sulfide) groups is 1.